The second kappa shape index (κ2) is 8.96. The molecule has 0 saturated heterocycles. The van der Waals surface area contributed by atoms with Gasteiger partial charge in [0.2, 0.25) is 11.8 Å². The van der Waals surface area contributed by atoms with Crippen LogP contribution in [-0.4, -0.2) is 25.3 Å². The lowest BCUT2D eigenvalue weighted by molar-refractivity contribution is -0.384. The van der Waals surface area contributed by atoms with Crippen LogP contribution in [-0.2, 0) is 6.61 Å². The summed E-state index contributed by atoms with van der Waals surface area (Å²) in [6, 6.07) is 13.6. The van der Waals surface area contributed by atoms with Gasteiger partial charge in [-0.2, -0.15) is 0 Å². The van der Waals surface area contributed by atoms with E-state index in [-0.39, 0.29) is 23.4 Å². The number of non-ortho nitro benzene ring substituents is 1. The first-order valence-corrected chi connectivity index (χ1v) is 10.1. The Labute approximate surface area is 180 Å². The van der Waals surface area contributed by atoms with E-state index >= 15 is 0 Å². The van der Waals surface area contributed by atoms with E-state index in [1.807, 2.05) is 38.1 Å². The Kier molecular flexibility index (Phi) is 5.94. The van der Waals surface area contributed by atoms with E-state index in [1.54, 1.807) is 12.1 Å². The highest BCUT2D eigenvalue weighted by Crippen LogP contribution is 2.34. The first-order valence-electron chi connectivity index (χ1n) is 9.24. The molecule has 31 heavy (non-hydrogen) atoms. The number of nitro groups is 1. The molecule has 0 aliphatic heterocycles. The van der Waals surface area contributed by atoms with Gasteiger partial charge in [0.1, 0.15) is 5.75 Å². The van der Waals surface area contributed by atoms with Crippen molar-refractivity contribution >= 4 is 17.4 Å². The minimum absolute atomic E-state index is 0.00834. The van der Waals surface area contributed by atoms with Crippen LogP contribution in [0.3, 0.4) is 0 Å². The third kappa shape index (κ3) is 5.07. The van der Waals surface area contributed by atoms with Crippen LogP contribution in [0.5, 0.6) is 5.75 Å². The van der Waals surface area contributed by atoms with Crippen molar-refractivity contribution in [3.63, 3.8) is 0 Å². The Morgan fingerprint density at radius 2 is 1.90 bits per heavy atom. The minimum Gasteiger partial charge on any atom is -0.484 e. The summed E-state index contributed by atoms with van der Waals surface area (Å²) in [5.41, 5.74) is 1.68. The van der Waals surface area contributed by atoms with Crippen LogP contribution in [0.25, 0.3) is 11.5 Å². The molecule has 4 aromatic rings. The van der Waals surface area contributed by atoms with Crippen LogP contribution in [0.1, 0.15) is 29.5 Å². The molecular formula is C20H17N5O5S. The first kappa shape index (κ1) is 20.5. The molecule has 0 aliphatic carbocycles. The molecule has 2 heterocycles. The van der Waals surface area contributed by atoms with Crippen molar-refractivity contribution in [1.82, 2.24) is 20.4 Å². The molecule has 0 saturated carbocycles. The molecule has 10 nitrogen and oxygen atoms in total. The second-order valence-corrected chi connectivity index (χ2v) is 7.87. The van der Waals surface area contributed by atoms with Crippen molar-refractivity contribution < 1.29 is 18.5 Å². The molecule has 158 valence electrons. The van der Waals surface area contributed by atoms with Gasteiger partial charge in [-0.25, -0.2) is 0 Å². The normalized spacial score (nSPS) is 11.9. The van der Waals surface area contributed by atoms with Crippen LogP contribution < -0.4 is 4.74 Å². The number of thioether (sulfide) groups is 1. The maximum Gasteiger partial charge on any atom is 0.277 e. The predicted octanol–water partition coefficient (Wildman–Crippen LogP) is 4.77. The van der Waals surface area contributed by atoms with Crippen LogP contribution in [0, 0.1) is 17.0 Å². The summed E-state index contributed by atoms with van der Waals surface area (Å²) in [6.07, 6.45) is 0. The molecule has 0 fully saturated rings. The number of nitro benzene ring substituents is 1. The van der Waals surface area contributed by atoms with Gasteiger partial charge in [-0.05, 0) is 43.7 Å². The maximum absolute atomic E-state index is 10.8. The van der Waals surface area contributed by atoms with Crippen molar-refractivity contribution in [2.24, 2.45) is 0 Å². The SMILES string of the molecule is Cc1cccc(OCc2nnc(SC(C)c3nnc(-c4ccc([N+](=O)[O-])cc4)o3)o2)c1. The molecule has 0 amide bonds. The van der Waals surface area contributed by atoms with E-state index in [0.29, 0.717) is 22.6 Å². The van der Waals surface area contributed by atoms with Crippen molar-refractivity contribution in [1.29, 1.82) is 0 Å². The lowest BCUT2D eigenvalue weighted by Crippen LogP contribution is -1.95. The number of aryl methyl sites for hydroxylation is 1. The van der Waals surface area contributed by atoms with Crippen LogP contribution in [0.2, 0.25) is 0 Å². The van der Waals surface area contributed by atoms with Gasteiger partial charge in [0.15, 0.2) is 6.61 Å². The summed E-state index contributed by atoms with van der Waals surface area (Å²) in [5, 5.41) is 26.9. The number of benzene rings is 2. The average Bonchev–Trinajstić information content (AvgIpc) is 3.42. The van der Waals surface area contributed by atoms with E-state index in [0.717, 1.165) is 11.3 Å². The summed E-state index contributed by atoms with van der Waals surface area (Å²) >= 11 is 1.28. The second-order valence-electron chi connectivity index (χ2n) is 6.58. The van der Waals surface area contributed by atoms with Crippen LogP contribution in [0.4, 0.5) is 5.69 Å². The Morgan fingerprint density at radius 3 is 2.65 bits per heavy atom. The van der Waals surface area contributed by atoms with E-state index in [4.69, 9.17) is 13.6 Å². The fourth-order valence-corrected chi connectivity index (χ4v) is 3.37. The number of rotatable bonds is 8. The lowest BCUT2D eigenvalue weighted by atomic mass is 10.2. The van der Waals surface area contributed by atoms with Gasteiger partial charge in [0.25, 0.3) is 16.8 Å². The van der Waals surface area contributed by atoms with Crippen LogP contribution in [0.15, 0.2) is 62.6 Å². The number of ether oxygens (including phenoxy) is 1. The fraction of sp³-hybridized carbons (Fsp3) is 0.200. The molecule has 0 bridgehead atoms. The highest BCUT2D eigenvalue weighted by molar-refractivity contribution is 7.99. The lowest BCUT2D eigenvalue weighted by Gasteiger charge is -2.04. The zero-order valence-corrected chi connectivity index (χ0v) is 17.4. The Bertz CT molecular complexity index is 1190. The van der Waals surface area contributed by atoms with Gasteiger partial charge in [-0.1, -0.05) is 23.9 Å². The predicted molar refractivity (Wildman–Crippen MR) is 110 cm³/mol. The fourth-order valence-electron chi connectivity index (χ4n) is 2.64. The molecule has 0 aliphatic rings. The monoisotopic (exact) mass is 439 g/mol. The standard InChI is InChI=1S/C20H17N5O5S/c1-12-4-3-5-16(10-12)28-11-17-21-24-20(29-17)31-13(2)18-22-23-19(30-18)14-6-8-15(9-7-14)25(26)27/h3-10,13H,11H2,1-2H3. The molecule has 1 unspecified atom stereocenters. The van der Waals surface area contributed by atoms with E-state index < -0.39 is 4.92 Å². The van der Waals surface area contributed by atoms with Gasteiger partial charge < -0.3 is 13.6 Å². The number of aromatic nitrogens is 4. The average molecular weight is 439 g/mol. The molecule has 2 aromatic carbocycles. The summed E-state index contributed by atoms with van der Waals surface area (Å²) in [7, 11) is 0. The number of nitrogens with zero attached hydrogens (tertiary/aromatic N) is 5. The molecule has 0 radical (unpaired) electrons. The summed E-state index contributed by atoms with van der Waals surface area (Å²) in [6.45, 7) is 4.02. The smallest absolute Gasteiger partial charge is 0.277 e. The Hall–Kier alpha value is -3.73. The Morgan fingerprint density at radius 1 is 1.10 bits per heavy atom. The molecule has 0 spiro atoms. The zero-order chi connectivity index (χ0) is 21.8. The quantitative estimate of drug-likeness (QED) is 0.215. The highest BCUT2D eigenvalue weighted by Gasteiger charge is 2.20. The highest BCUT2D eigenvalue weighted by atomic mass is 32.2. The molecular weight excluding hydrogens is 422 g/mol. The first-order chi connectivity index (χ1) is 15.0. The van der Waals surface area contributed by atoms with Crippen molar-refractivity contribution in [3.8, 4) is 17.2 Å². The summed E-state index contributed by atoms with van der Waals surface area (Å²) in [5.74, 6) is 1.72. The summed E-state index contributed by atoms with van der Waals surface area (Å²) in [4.78, 5) is 10.3. The van der Waals surface area contributed by atoms with Gasteiger partial charge >= 0.3 is 0 Å². The van der Waals surface area contributed by atoms with Crippen molar-refractivity contribution in [2.45, 2.75) is 30.9 Å². The number of hydrogen-bond donors (Lipinski definition) is 0. The minimum atomic E-state index is -0.466. The molecule has 1 atom stereocenters. The largest absolute Gasteiger partial charge is 0.484 e. The van der Waals surface area contributed by atoms with E-state index in [1.165, 1.54) is 23.9 Å². The Balaban J connectivity index is 1.36. The summed E-state index contributed by atoms with van der Waals surface area (Å²) < 4.78 is 17.0. The van der Waals surface area contributed by atoms with Crippen LogP contribution >= 0.6 is 11.8 Å². The molecule has 4 rings (SSSR count). The van der Waals surface area contributed by atoms with Crippen molar-refractivity contribution in [2.75, 3.05) is 0 Å². The van der Waals surface area contributed by atoms with Gasteiger partial charge in [0, 0.05) is 17.7 Å². The van der Waals surface area contributed by atoms with Gasteiger partial charge in [-0.3, -0.25) is 10.1 Å². The zero-order valence-electron chi connectivity index (χ0n) is 16.6. The molecule has 0 N–H and O–H groups in total. The van der Waals surface area contributed by atoms with Gasteiger partial charge in [0.05, 0.1) is 10.2 Å². The molecule has 11 heteroatoms. The maximum atomic E-state index is 10.8. The third-order valence-electron chi connectivity index (χ3n) is 4.19. The van der Waals surface area contributed by atoms with Crippen molar-refractivity contribution in [3.05, 3.63) is 76.0 Å². The third-order valence-corrected chi connectivity index (χ3v) is 5.11. The van der Waals surface area contributed by atoms with E-state index in [9.17, 15) is 10.1 Å². The molecule has 2 aromatic heterocycles. The topological polar surface area (TPSA) is 130 Å². The van der Waals surface area contributed by atoms with Gasteiger partial charge in [-0.15, -0.1) is 20.4 Å². The number of hydrogen-bond acceptors (Lipinski definition) is 10. The van der Waals surface area contributed by atoms with E-state index in [2.05, 4.69) is 20.4 Å².